The van der Waals surface area contributed by atoms with Gasteiger partial charge in [0, 0.05) is 36.5 Å². The third-order valence-corrected chi connectivity index (χ3v) is 5.10. The maximum atomic E-state index is 10.5. The van der Waals surface area contributed by atoms with Crippen LogP contribution in [0.3, 0.4) is 0 Å². The highest BCUT2D eigenvalue weighted by atomic mass is 16.5. The second kappa shape index (κ2) is 50.2. The van der Waals surface area contributed by atoms with Gasteiger partial charge in [0.2, 0.25) is 0 Å². The minimum Gasteiger partial charge on any atom is -0.870 e. The zero-order valence-corrected chi connectivity index (χ0v) is 30.9. The van der Waals surface area contributed by atoms with Crippen molar-refractivity contribution in [3.05, 3.63) is 58.7 Å². The summed E-state index contributed by atoms with van der Waals surface area (Å²) in [4.78, 5) is 20.6. The summed E-state index contributed by atoms with van der Waals surface area (Å²) >= 11 is 0. The highest BCUT2D eigenvalue weighted by molar-refractivity contribution is 5.73. The first kappa shape index (κ1) is 64.1. The first-order valence-electron chi connectivity index (χ1n) is 16.2. The van der Waals surface area contributed by atoms with E-state index in [1.165, 1.54) is 0 Å². The van der Waals surface area contributed by atoms with Crippen LogP contribution in [0.5, 0.6) is 11.5 Å². The Morgan fingerprint density at radius 3 is 1.42 bits per heavy atom. The molecule has 0 heterocycles. The number of phenols is 2. The first-order valence-corrected chi connectivity index (χ1v) is 16.2. The number of rotatable bonds is 15. The lowest BCUT2D eigenvalue weighted by Gasteiger charge is -2.06. The first-order chi connectivity index (χ1) is 24.1. The number of carbonyl (C=O) groups is 2. The number of ether oxygens (including phenoxy) is 2. The van der Waals surface area contributed by atoms with Gasteiger partial charge in [-0.05, 0) is 37.0 Å². The van der Waals surface area contributed by atoms with E-state index < -0.39 is 25.5 Å². The van der Waals surface area contributed by atoms with E-state index >= 15 is 0 Å². The Labute approximate surface area is 313 Å². The minimum atomic E-state index is -0.588. The molecule has 0 spiro atoms. The van der Waals surface area contributed by atoms with Crippen LogP contribution in [-0.2, 0) is 35.9 Å². The Kier molecular flexibility index (Phi) is 60.8. The van der Waals surface area contributed by atoms with Gasteiger partial charge in [0.1, 0.15) is 38.4 Å². The molecule has 19 nitrogen and oxygen atoms in total. The van der Waals surface area contributed by atoms with Gasteiger partial charge >= 0.3 is 12.1 Å². The molecule has 2 aromatic rings. The fraction of sp³-hybridized carbons (Fsp3) is 0.588. The van der Waals surface area contributed by atoms with Crippen molar-refractivity contribution in [2.45, 2.75) is 87.7 Å². The lowest BCUT2D eigenvalue weighted by atomic mass is 10.1. The molecule has 0 fully saturated rings. The van der Waals surface area contributed by atoms with E-state index in [1.807, 2.05) is 38.3 Å². The van der Waals surface area contributed by atoms with Gasteiger partial charge in [-0.25, -0.2) is 9.59 Å². The van der Waals surface area contributed by atoms with E-state index in [0.717, 1.165) is 31.4 Å². The van der Waals surface area contributed by atoms with E-state index in [-0.39, 0.29) is 63.2 Å². The van der Waals surface area contributed by atoms with Gasteiger partial charge in [-0.2, -0.15) is 0 Å². The minimum absolute atomic E-state index is 0. The number of hydrogen-bond acceptors (Lipinski definition) is 15. The van der Waals surface area contributed by atoms with Crippen LogP contribution in [0.1, 0.15) is 83.6 Å². The van der Waals surface area contributed by atoms with Crippen LogP contribution in [-0.4, -0.2) is 116 Å². The highest BCUT2D eigenvalue weighted by Crippen LogP contribution is 2.22. The SMILES string of the molecule is C.CC.CCCO.CCCOCNC(=O)NCO.CCCOCc1ccc(O)c(CO)c1.O=C(NCO)NCO.OCc1cccc(CO)c1O.[OH-].[OH-]. The van der Waals surface area contributed by atoms with Crippen molar-refractivity contribution in [3.8, 4) is 11.5 Å². The zero-order valence-electron chi connectivity index (χ0n) is 30.9. The molecular formula is C34H68N4O15-2. The number of amides is 4. The number of hydrogen-bond donors (Lipinski definition) is 13. The molecule has 0 aliphatic carbocycles. The Hall–Kier alpha value is -3.86. The van der Waals surface area contributed by atoms with Crippen molar-refractivity contribution >= 4 is 12.1 Å². The van der Waals surface area contributed by atoms with Gasteiger partial charge in [-0.3, -0.25) is 0 Å². The number of aliphatic hydroxyl groups excluding tert-OH is 7. The molecule has 0 aliphatic heterocycles. The van der Waals surface area contributed by atoms with Crippen molar-refractivity contribution < 1.29 is 76.0 Å². The second-order valence-corrected chi connectivity index (χ2v) is 9.03. The van der Waals surface area contributed by atoms with E-state index in [2.05, 4.69) is 17.6 Å². The smallest absolute Gasteiger partial charge is 0.318 e. The van der Waals surface area contributed by atoms with Gasteiger partial charge in [-0.1, -0.05) is 66.3 Å². The largest absolute Gasteiger partial charge is 0.870 e. The molecule has 0 saturated carbocycles. The summed E-state index contributed by atoms with van der Waals surface area (Å²) < 4.78 is 10.3. The fourth-order valence-corrected chi connectivity index (χ4v) is 2.76. The molecule has 0 aliphatic rings. The van der Waals surface area contributed by atoms with Crippen molar-refractivity contribution in [2.75, 3.05) is 46.7 Å². The zero-order chi connectivity index (χ0) is 39.0. The molecule has 0 saturated heterocycles. The summed E-state index contributed by atoms with van der Waals surface area (Å²) in [5.74, 6) is 0.115. The third kappa shape index (κ3) is 40.8. The average Bonchev–Trinajstić information content (AvgIpc) is 3.13. The van der Waals surface area contributed by atoms with Crippen LogP contribution in [0.25, 0.3) is 0 Å². The maximum Gasteiger partial charge on any atom is 0.318 e. The quantitative estimate of drug-likeness (QED) is 0.0905. The van der Waals surface area contributed by atoms with Gasteiger partial charge in [0.25, 0.3) is 0 Å². The molecular weight excluding hydrogens is 704 g/mol. The van der Waals surface area contributed by atoms with Gasteiger partial charge in [0.15, 0.2) is 0 Å². The van der Waals surface area contributed by atoms with Crippen molar-refractivity contribution in [2.24, 2.45) is 0 Å². The summed E-state index contributed by atoms with van der Waals surface area (Å²) in [5, 5.41) is 85.5. The molecule has 2 aromatic carbocycles. The predicted octanol–water partition coefficient (Wildman–Crippen LogP) is 1.69. The fourth-order valence-electron chi connectivity index (χ4n) is 2.76. The molecule has 2 rings (SSSR count). The third-order valence-electron chi connectivity index (χ3n) is 5.10. The Morgan fingerprint density at radius 1 is 0.623 bits per heavy atom. The predicted molar refractivity (Wildman–Crippen MR) is 199 cm³/mol. The van der Waals surface area contributed by atoms with Gasteiger partial charge in [-0.15, -0.1) is 0 Å². The molecule has 0 atom stereocenters. The van der Waals surface area contributed by atoms with Crippen LogP contribution in [0, 0.1) is 0 Å². The normalized spacial score (nSPS) is 8.68. The van der Waals surface area contributed by atoms with Crippen molar-refractivity contribution in [1.82, 2.24) is 21.3 Å². The van der Waals surface area contributed by atoms with E-state index in [1.54, 1.807) is 36.4 Å². The average molecular weight is 773 g/mol. The highest BCUT2D eigenvalue weighted by Gasteiger charge is 2.04. The molecule has 0 radical (unpaired) electrons. The lowest BCUT2D eigenvalue weighted by molar-refractivity contribution is 0.119. The number of aromatic hydroxyl groups is 2. The summed E-state index contributed by atoms with van der Waals surface area (Å²) in [6, 6.07) is 9.00. The maximum absolute atomic E-state index is 10.5. The molecule has 4 amide bonds. The van der Waals surface area contributed by atoms with Gasteiger partial charge < -0.3 is 87.7 Å². The van der Waals surface area contributed by atoms with Crippen LogP contribution in [0.4, 0.5) is 9.59 Å². The number of urea groups is 2. The molecule has 316 valence electrons. The molecule has 0 aromatic heterocycles. The Morgan fingerprint density at radius 2 is 1.04 bits per heavy atom. The van der Waals surface area contributed by atoms with Crippen LogP contribution < -0.4 is 21.3 Å². The number of para-hydroxylation sites is 1. The van der Waals surface area contributed by atoms with Crippen LogP contribution >= 0.6 is 0 Å². The standard InChI is InChI=1S/C11H16O3.C8H10O3.C6H14N2O3.C3H8N2O3.C3H8O.C2H6.CH4.2H2O/c1-2-5-14-8-9-3-4-11(13)10(6-9)7-12;9-4-6-2-1-3-7(5-10)8(6)11;1-2-3-11-5-8-6(10)7-4-9;6-1-4-3(8)5-2-7;1-2-3-4;1-2;;;/h3-4,6,12-13H,2,5,7-8H2,1H3;1-3,9-11H,4-5H2;9H,2-5H2,1H3,(H2,7,8,10);6-7H,1-2H2,(H2,4,5,8);4H,2-3H2,1H3;1-2H3;1H4;2*1H2/p-2. The second-order valence-electron chi connectivity index (χ2n) is 9.03. The topological polar surface area (TPSA) is 343 Å². The summed E-state index contributed by atoms with van der Waals surface area (Å²) in [7, 11) is 0. The van der Waals surface area contributed by atoms with Crippen LogP contribution in [0.15, 0.2) is 36.4 Å². The number of benzene rings is 2. The van der Waals surface area contributed by atoms with E-state index in [0.29, 0.717) is 36.5 Å². The Bertz CT molecular complexity index is 1020. The Balaban J connectivity index is -0.000000101. The monoisotopic (exact) mass is 772 g/mol. The van der Waals surface area contributed by atoms with Gasteiger partial charge in [0.05, 0.1) is 26.4 Å². The van der Waals surface area contributed by atoms with Crippen molar-refractivity contribution in [1.29, 1.82) is 0 Å². The number of nitrogens with one attached hydrogen (secondary N) is 4. The summed E-state index contributed by atoms with van der Waals surface area (Å²) in [6.07, 6.45) is 2.79. The summed E-state index contributed by atoms with van der Waals surface area (Å²) in [5.41, 5.74) is 2.40. The van der Waals surface area contributed by atoms with E-state index in [9.17, 15) is 19.8 Å². The van der Waals surface area contributed by atoms with Crippen LogP contribution in [0.2, 0.25) is 0 Å². The molecule has 53 heavy (non-hydrogen) atoms. The molecule has 0 unspecified atom stereocenters. The molecule has 0 bridgehead atoms. The lowest BCUT2D eigenvalue weighted by Crippen LogP contribution is -2.37. The molecule has 15 N–H and O–H groups in total. The number of aliphatic hydroxyl groups is 7. The van der Waals surface area contributed by atoms with E-state index in [4.69, 9.17) is 45.2 Å². The summed E-state index contributed by atoms with van der Waals surface area (Å²) in [6.45, 7) is 10.6. The molecule has 19 heteroatoms. The number of carbonyl (C=O) groups excluding carboxylic acids is 2. The van der Waals surface area contributed by atoms with Crippen molar-refractivity contribution in [3.63, 3.8) is 0 Å².